The second-order valence-corrected chi connectivity index (χ2v) is 5.48. The van der Waals surface area contributed by atoms with Crippen LogP contribution < -0.4 is 0 Å². The fourth-order valence-electron chi connectivity index (χ4n) is 1.94. The molecule has 18 heavy (non-hydrogen) atoms. The maximum absolute atomic E-state index is 11.9. The van der Waals surface area contributed by atoms with Gasteiger partial charge in [0.25, 0.3) is 0 Å². The third kappa shape index (κ3) is 2.27. The molecule has 0 N–H and O–H groups in total. The van der Waals surface area contributed by atoms with Gasteiger partial charge < -0.3 is 4.74 Å². The molecular formula is C13H13ClO3S. The van der Waals surface area contributed by atoms with Crippen molar-refractivity contribution in [1.82, 2.24) is 0 Å². The van der Waals surface area contributed by atoms with Crippen LogP contribution in [0, 0.1) is 6.92 Å². The first-order valence-corrected chi connectivity index (χ1v) is 7.08. The fourth-order valence-corrected chi connectivity index (χ4v) is 3.47. The molecule has 1 aromatic rings. The molecule has 0 unspecified atom stereocenters. The Morgan fingerprint density at radius 3 is 2.94 bits per heavy atom. The molecule has 0 saturated carbocycles. The maximum Gasteiger partial charge on any atom is 0.339 e. The Morgan fingerprint density at radius 1 is 1.56 bits per heavy atom. The van der Waals surface area contributed by atoms with Crippen molar-refractivity contribution in [3.63, 3.8) is 0 Å². The Morgan fingerprint density at radius 2 is 2.28 bits per heavy atom. The zero-order chi connectivity index (χ0) is 13.3. The van der Waals surface area contributed by atoms with Crippen LogP contribution in [0.15, 0.2) is 11.0 Å². The number of halogens is 1. The van der Waals surface area contributed by atoms with Gasteiger partial charge in [-0.25, -0.2) is 4.79 Å². The molecule has 3 nitrogen and oxygen atoms in total. The summed E-state index contributed by atoms with van der Waals surface area (Å²) in [5, 5.41) is 0.228. The second-order valence-electron chi connectivity index (χ2n) is 4.00. The first-order valence-electron chi connectivity index (χ1n) is 5.72. The van der Waals surface area contributed by atoms with Crippen LogP contribution in [-0.2, 0) is 4.74 Å². The van der Waals surface area contributed by atoms with Gasteiger partial charge in [0.1, 0.15) is 0 Å². The Bertz CT molecular complexity index is 525. The highest BCUT2D eigenvalue weighted by molar-refractivity contribution is 7.99. The van der Waals surface area contributed by atoms with Gasteiger partial charge in [0.15, 0.2) is 5.78 Å². The second kappa shape index (κ2) is 5.33. The van der Waals surface area contributed by atoms with E-state index >= 15 is 0 Å². The number of hydrogen-bond acceptors (Lipinski definition) is 4. The summed E-state index contributed by atoms with van der Waals surface area (Å²) in [6, 6.07) is 1.70. The lowest BCUT2D eigenvalue weighted by molar-refractivity contribution is 0.0526. The molecule has 0 fully saturated rings. The summed E-state index contributed by atoms with van der Waals surface area (Å²) < 4.78 is 4.95. The van der Waals surface area contributed by atoms with Crippen molar-refractivity contribution >= 4 is 35.1 Å². The van der Waals surface area contributed by atoms with Gasteiger partial charge in [-0.1, -0.05) is 11.6 Å². The predicted octanol–water partition coefficient (Wildman–Crippen LogP) is 3.50. The quantitative estimate of drug-likeness (QED) is 0.780. The highest BCUT2D eigenvalue weighted by Crippen LogP contribution is 2.39. The molecule has 0 radical (unpaired) electrons. The van der Waals surface area contributed by atoms with E-state index in [9.17, 15) is 9.59 Å². The van der Waals surface area contributed by atoms with Crippen LogP contribution >= 0.6 is 23.4 Å². The minimum absolute atomic E-state index is 0.00278. The van der Waals surface area contributed by atoms with E-state index in [0.717, 1.165) is 16.2 Å². The maximum atomic E-state index is 11.9. The van der Waals surface area contributed by atoms with E-state index in [2.05, 4.69) is 0 Å². The summed E-state index contributed by atoms with van der Waals surface area (Å²) >= 11 is 7.80. The lowest BCUT2D eigenvalue weighted by Crippen LogP contribution is -2.14. The van der Waals surface area contributed by atoms with Gasteiger partial charge in [0.2, 0.25) is 0 Å². The van der Waals surface area contributed by atoms with Crippen molar-refractivity contribution in [2.24, 2.45) is 0 Å². The largest absolute Gasteiger partial charge is 0.462 e. The van der Waals surface area contributed by atoms with Crippen LogP contribution in [0.1, 0.15) is 39.6 Å². The number of aryl methyl sites for hydroxylation is 1. The van der Waals surface area contributed by atoms with Gasteiger partial charge in [0, 0.05) is 17.1 Å². The molecule has 1 heterocycles. The van der Waals surface area contributed by atoms with Gasteiger partial charge >= 0.3 is 5.97 Å². The first kappa shape index (κ1) is 13.4. The normalized spacial score (nSPS) is 14.3. The van der Waals surface area contributed by atoms with Crippen LogP contribution in [0.5, 0.6) is 0 Å². The number of thioether (sulfide) groups is 1. The van der Waals surface area contributed by atoms with Gasteiger partial charge in [-0.2, -0.15) is 0 Å². The average Bonchev–Trinajstić information content (AvgIpc) is 2.33. The SMILES string of the molecule is CCOC(=O)c1cc(C)c2c(c1Cl)C(=O)CCS2. The number of ether oxygens (including phenoxy) is 1. The fraction of sp³-hybridized carbons (Fsp3) is 0.385. The van der Waals surface area contributed by atoms with Crippen LogP contribution in [0.2, 0.25) is 5.02 Å². The third-order valence-electron chi connectivity index (χ3n) is 2.75. The number of rotatable bonds is 2. The molecule has 1 aliphatic rings. The Kier molecular flexibility index (Phi) is 3.97. The lowest BCUT2D eigenvalue weighted by Gasteiger charge is -2.19. The molecule has 0 amide bonds. The van der Waals surface area contributed by atoms with E-state index in [-0.39, 0.29) is 23.0 Å². The average molecular weight is 285 g/mol. The molecule has 0 aliphatic carbocycles. The molecule has 2 rings (SSSR count). The molecule has 5 heteroatoms. The van der Waals surface area contributed by atoms with Crippen LogP contribution in [0.3, 0.4) is 0 Å². The van der Waals surface area contributed by atoms with E-state index in [1.807, 2.05) is 6.92 Å². The third-order valence-corrected chi connectivity index (χ3v) is 4.37. The molecule has 0 bridgehead atoms. The summed E-state index contributed by atoms with van der Waals surface area (Å²) in [6.45, 7) is 3.90. The Hall–Kier alpha value is -1.000. The molecule has 96 valence electrons. The van der Waals surface area contributed by atoms with E-state index in [1.54, 1.807) is 24.8 Å². The molecule has 1 aliphatic heterocycles. The highest BCUT2D eigenvalue weighted by atomic mass is 35.5. The number of benzene rings is 1. The van der Waals surface area contributed by atoms with E-state index in [1.165, 1.54) is 0 Å². The minimum atomic E-state index is -0.475. The summed E-state index contributed by atoms with van der Waals surface area (Å²) in [4.78, 5) is 24.6. The van der Waals surface area contributed by atoms with Crippen molar-refractivity contribution in [2.45, 2.75) is 25.2 Å². The number of carbonyl (C=O) groups is 2. The van der Waals surface area contributed by atoms with Crippen molar-refractivity contribution in [1.29, 1.82) is 0 Å². The number of esters is 1. The Balaban J connectivity index is 2.58. The first-order chi connectivity index (χ1) is 8.56. The zero-order valence-electron chi connectivity index (χ0n) is 10.2. The van der Waals surface area contributed by atoms with Crippen molar-refractivity contribution in [2.75, 3.05) is 12.4 Å². The number of fused-ring (bicyclic) bond motifs is 1. The standard InChI is InChI=1S/C13H13ClO3S/c1-3-17-13(16)8-6-7(2)12-10(11(8)14)9(15)4-5-18-12/h6H,3-5H2,1-2H3. The zero-order valence-corrected chi connectivity index (χ0v) is 11.8. The number of ketones is 1. The molecule has 0 aromatic heterocycles. The van der Waals surface area contributed by atoms with Crippen LogP contribution in [-0.4, -0.2) is 24.1 Å². The number of carbonyl (C=O) groups excluding carboxylic acids is 2. The molecule has 0 atom stereocenters. The summed E-state index contributed by atoms with van der Waals surface area (Å²) in [5.41, 5.74) is 1.66. The van der Waals surface area contributed by atoms with E-state index in [0.29, 0.717) is 12.0 Å². The monoisotopic (exact) mass is 284 g/mol. The van der Waals surface area contributed by atoms with Crippen molar-refractivity contribution < 1.29 is 14.3 Å². The highest BCUT2D eigenvalue weighted by Gasteiger charge is 2.27. The van der Waals surface area contributed by atoms with Gasteiger partial charge in [-0.15, -0.1) is 11.8 Å². The summed E-state index contributed by atoms with van der Waals surface area (Å²) in [7, 11) is 0. The minimum Gasteiger partial charge on any atom is -0.462 e. The van der Waals surface area contributed by atoms with Crippen molar-refractivity contribution in [3.8, 4) is 0 Å². The molecular weight excluding hydrogens is 272 g/mol. The van der Waals surface area contributed by atoms with Gasteiger partial charge in [-0.05, 0) is 25.5 Å². The molecule has 0 saturated heterocycles. The molecule has 1 aromatic carbocycles. The Labute approximate surface area is 115 Å². The smallest absolute Gasteiger partial charge is 0.339 e. The number of Topliss-reactive ketones (excluding diaryl/α,β-unsaturated/α-hetero) is 1. The predicted molar refractivity (Wildman–Crippen MR) is 71.8 cm³/mol. The van der Waals surface area contributed by atoms with Gasteiger partial charge in [-0.3, -0.25) is 4.79 Å². The number of hydrogen-bond donors (Lipinski definition) is 0. The van der Waals surface area contributed by atoms with Crippen LogP contribution in [0.4, 0.5) is 0 Å². The van der Waals surface area contributed by atoms with E-state index in [4.69, 9.17) is 16.3 Å². The van der Waals surface area contributed by atoms with Gasteiger partial charge in [0.05, 0.1) is 22.8 Å². The van der Waals surface area contributed by atoms with E-state index < -0.39 is 5.97 Å². The lowest BCUT2D eigenvalue weighted by atomic mass is 10.0. The summed E-state index contributed by atoms with van der Waals surface area (Å²) in [6.07, 6.45) is 0.461. The topological polar surface area (TPSA) is 43.4 Å². The van der Waals surface area contributed by atoms with Crippen LogP contribution in [0.25, 0.3) is 0 Å². The molecule has 0 spiro atoms. The summed E-state index contributed by atoms with van der Waals surface area (Å²) in [5.74, 6) is 0.293. The van der Waals surface area contributed by atoms with Crippen molar-refractivity contribution in [3.05, 3.63) is 27.8 Å².